The number of anilines is 1. The molecule has 0 saturated heterocycles. The molecule has 0 aliphatic rings. The number of oxazole rings is 1. The summed E-state index contributed by atoms with van der Waals surface area (Å²) in [4.78, 5) is 60.8. The van der Waals surface area contributed by atoms with E-state index in [1.807, 2.05) is 0 Å². The Balaban J connectivity index is 1.39. The first kappa shape index (κ1) is 31.7. The average molecular weight is 632 g/mol. The summed E-state index contributed by atoms with van der Waals surface area (Å²) in [5.41, 5.74) is -0.813. The van der Waals surface area contributed by atoms with Crippen molar-refractivity contribution in [1.82, 2.24) is 30.0 Å². The van der Waals surface area contributed by atoms with Crippen LogP contribution in [0.4, 0.5) is 14.9 Å². The van der Waals surface area contributed by atoms with Gasteiger partial charge in [-0.25, -0.2) is 19.2 Å². The van der Waals surface area contributed by atoms with E-state index in [-0.39, 0.29) is 34.8 Å². The van der Waals surface area contributed by atoms with E-state index in [1.54, 1.807) is 58.0 Å². The topological polar surface area (TPSA) is 184 Å². The van der Waals surface area contributed by atoms with Gasteiger partial charge < -0.3 is 18.9 Å². The Labute approximate surface area is 261 Å². The van der Waals surface area contributed by atoms with Crippen LogP contribution in [0.15, 0.2) is 68.4 Å². The highest BCUT2D eigenvalue weighted by atomic mass is 19.1. The fourth-order valence-corrected chi connectivity index (χ4v) is 4.57. The molecule has 2 amide bonds. The van der Waals surface area contributed by atoms with Crippen molar-refractivity contribution in [3.8, 4) is 11.4 Å². The minimum Gasteiger partial charge on any atom is -0.453 e. The molecule has 238 valence electrons. The van der Waals surface area contributed by atoms with Crippen molar-refractivity contribution in [2.24, 2.45) is 5.92 Å². The quantitative estimate of drug-likeness (QED) is 0.212. The number of ether oxygens (including phenoxy) is 1. The molecule has 0 unspecified atom stereocenters. The Bertz CT molecular complexity index is 1980. The van der Waals surface area contributed by atoms with Crippen LogP contribution < -0.4 is 16.2 Å². The van der Waals surface area contributed by atoms with E-state index in [2.05, 4.69) is 35.5 Å². The monoisotopic (exact) mass is 631 g/mol. The molecular weight excluding hydrogens is 601 g/mol. The van der Waals surface area contributed by atoms with Crippen LogP contribution in [0.25, 0.3) is 22.5 Å². The molecule has 15 heteroatoms. The third-order valence-corrected chi connectivity index (χ3v) is 7.12. The standard InChI is InChI=1S/C31H30FN7O7/c1-16(2)23(24(41)26-37-38-29(46-26)31(3,4)28-34-19-12-11-18(32)13-21(19)45-28)36-22(40)15-39-25(17-9-7-6-8-10-17)33-14-20(27(39)42)35-30(43)44-5/h6-14,16,23H,15H2,1-5H3,(H,35,43)(H,36,40)/t23-/m1/s1. The zero-order chi connectivity index (χ0) is 33.2. The highest BCUT2D eigenvalue weighted by molar-refractivity contribution is 5.98. The molecule has 3 aromatic heterocycles. The first-order valence-electron chi connectivity index (χ1n) is 14.1. The number of amides is 2. The molecule has 0 spiro atoms. The van der Waals surface area contributed by atoms with Crippen LogP contribution in [0, 0.1) is 11.7 Å². The van der Waals surface area contributed by atoms with Gasteiger partial charge in [-0.1, -0.05) is 44.2 Å². The number of hydrogen-bond acceptors (Lipinski definition) is 11. The Kier molecular flexibility index (Phi) is 8.76. The lowest BCUT2D eigenvalue weighted by Gasteiger charge is -2.21. The molecule has 0 aliphatic heterocycles. The maximum atomic E-state index is 13.7. The maximum absolute atomic E-state index is 13.7. The van der Waals surface area contributed by atoms with Gasteiger partial charge in [0.1, 0.15) is 34.8 Å². The van der Waals surface area contributed by atoms with Gasteiger partial charge in [0.15, 0.2) is 5.58 Å². The van der Waals surface area contributed by atoms with E-state index < -0.39 is 53.1 Å². The lowest BCUT2D eigenvalue weighted by Crippen LogP contribution is -2.46. The summed E-state index contributed by atoms with van der Waals surface area (Å²) < 4.78 is 30.8. The number of halogens is 1. The van der Waals surface area contributed by atoms with Gasteiger partial charge in [-0.05, 0) is 31.9 Å². The second-order valence-corrected chi connectivity index (χ2v) is 11.2. The van der Waals surface area contributed by atoms with Crippen LogP contribution in [0.2, 0.25) is 0 Å². The number of nitrogens with one attached hydrogen (secondary N) is 2. The summed E-state index contributed by atoms with van der Waals surface area (Å²) in [7, 11) is 1.14. The number of benzene rings is 2. The van der Waals surface area contributed by atoms with Crippen molar-refractivity contribution in [2.45, 2.75) is 45.7 Å². The fraction of sp³-hybridized carbons (Fsp3) is 0.290. The minimum atomic E-state index is -1.11. The van der Waals surface area contributed by atoms with Crippen molar-refractivity contribution in [3.63, 3.8) is 0 Å². The second-order valence-electron chi connectivity index (χ2n) is 11.2. The number of ketones is 1. The molecule has 5 aromatic rings. The van der Waals surface area contributed by atoms with Crippen LogP contribution >= 0.6 is 0 Å². The Morgan fingerprint density at radius 2 is 1.78 bits per heavy atom. The average Bonchev–Trinajstić information content (AvgIpc) is 3.70. The van der Waals surface area contributed by atoms with Gasteiger partial charge in [-0.15, -0.1) is 10.2 Å². The van der Waals surface area contributed by atoms with Crippen LogP contribution in [0.5, 0.6) is 0 Å². The van der Waals surface area contributed by atoms with E-state index in [9.17, 15) is 23.6 Å². The van der Waals surface area contributed by atoms with Crippen LogP contribution in [-0.4, -0.2) is 55.7 Å². The predicted octanol–water partition coefficient (Wildman–Crippen LogP) is 4.10. The molecule has 1 atom stereocenters. The van der Waals surface area contributed by atoms with E-state index in [1.165, 1.54) is 24.4 Å². The molecule has 2 N–H and O–H groups in total. The second kappa shape index (κ2) is 12.7. The summed E-state index contributed by atoms with van der Waals surface area (Å²) in [5, 5.41) is 12.9. The normalized spacial score (nSPS) is 12.2. The summed E-state index contributed by atoms with van der Waals surface area (Å²) >= 11 is 0. The number of Topliss-reactive ketones (excluding diaryl/α,β-unsaturated/α-hetero) is 1. The lowest BCUT2D eigenvalue weighted by atomic mass is 9.93. The van der Waals surface area contributed by atoms with Gasteiger partial charge in [0.2, 0.25) is 23.5 Å². The number of rotatable bonds is 10. The van der Waals surface area contributed by atoms with Crippen molar-refractivity contribution in [2.75, 3.05) is 12.4 Å². The zero-order valence-electron chi connectivity index (χ0n) is 25.5. The first-order chi connectivity index (χ1) is 21.9. The molecule has 46 heavy (non-hydrogen) atoms. The highest BCUT2D eigenvalue weighted by Gasteiger charge is 2.37. The maximum Gasteiger partial charge on any atom is 0.411 e. The summed E-state index contributed by atoms with van der Waals surface area (Å²) in [5.74, 6) is -2.29. The number of aromatic nitrogens is 5. The van der Waals surface area contributed by atoms with Gasteiger partial charge in [-0.3, -0.25) is 24.3 Å². The van der Waals surface area contributed by atoms with E-state index >= 15 is 0 Å². The van der Waals surface area contributed by atoms with Crippen molar-refractivity contribution in [1.29, 1.82) is 0 Å². The number of carbonyl (C=O) groups is 3. The third kappa shape index (κ3) is 6.38. The SMILES string of the molecule is COC(=O)Nc1cnc(-c2ccccc2)n(CC(=O)N[C@@H](C(=O)c2nnc(C(C)(C)c3nc4ccc(F)cc4o3)o2)C(C)C)c1=O. The molecule has 2 aromatic carbocycles. The Hall–Kier alpha value is -5.73. The lowest BCUT2D eigenvalue weighted by molar-refractivity contribution is -0.122. The fourth-order valence-electron chi connectivity index (χ4n) is 4.57. The van der Waals surface area contributed by atoms with Crippen LogP contribution in [0.1, 0.15) is 50.2 Å². The van der Waals surface area contributed by atoms with Crippen molar-refractivity contribution >= 4 is 34.6 Å². The molecule has 3 heterocycles. The molecule has 0 aliphatic carbocycles. The van der Waals surface area contributed by atoms with Crippen molar-refractivity contribution < 1.29 is 32.3 Å². The first-order valence-corrected chi connectivity index (χ1v) is 14.1. The zero-order valence-corrected chi connectivity index (χ0v) is 25.5. The molecule has 0 radical (unpaired) electrons. The van der Waals surface area contributed by atoms with Gasteiger partial charge in [0.05, 0.1) is 19.3 Å². The molecular formula is C31H30FN7O7. The molecule has 0 saturated carbocycles. The molecule has 0 bridgehead atoms. The molecule has 0 fully saturated rings. The largest absolute Gasteiger partial charge is 0.453 e. The summed E-state index contributed by atoms with van der Waals surface area (Å²) in [6.45, 7) is 6.27. The molecule has 14 nitrogen and oxygen atoms in total. The van der Waals surface area contributed by atoms with Crippen LogP contribution in [-0.2, 0) is 21.5 Å². The number of hydrogen-bond donors (Lipinski definition) is 2. The number of methoxy groups -OCH3 is 1. The van der Waals surface area contributed by atoms with Gasteiger partial charge in [0, 0.05) is 11.6 Å². The summed E-state index contributed by atoms with van der Waals surface area (Å²) in [6.07, 6.45) is 0.282. The summed E-state index contributed by atoms with van der Waals surface area (Å²) in [6, 6.07) is 11.5. The van der Waals surface area contributed by atoms with E-state index in [4.69, 9.17) is 8.83 Å². The third-order valence-electron chi connectivity index (χ3n) is 7.12. The molecule has 5 rings (SSSR count). The van der Waals surface area contributed by atoms with E-state index in [0.717, 1.165) is 11.7 Å². The van der Waals surface area contributed by atoms with Crippen molar-refractivity contribution in [3.05, 3.63) is 88.6 Å². The Morgan fingerprint density at radius 3 is 2.48 bits per heavy atom. The number of carbonyl (C=O) groups excluding carboxylic acids is 3. The van der Waals surface area contributed by atoms with Gasteiger partial charge >= 0.3 is 6.09 Å². The number of fused-ring (bicyclic) bond motifs is 1. The Morgan fingerprint density at radius 1 is 1.04 bits per heavy atom. The van der Waals surface area contributed by atoms with Gasteiger partial charge in [-0.2, -0.15) is 0 Å². The highest BCUT2D eigenvalue weighted by Crippen LogP contribution is 2.32. The smallest absolute Gasteiger partial charge is 0.411 e. The van der Waals surface area contributed by atoms with Crippen LogP contribution in [0.3, 0.4) is 0 Å². The predicted molar refractivity (Wildman–Crippen MR) is 161 cm³/mol. The number of nitrogens with zero attached hydrogens (tertiary/aromatic N) is 5. The van der Waals surface area contributed by atoms with Gasteiger partial charge in [0.25, 0.3) is 11.4 Å². The van der Waals surface area contributed by atoms with E-state index in [0.29, 0.717) is 11.1 Å². The minimum absolute atomic E-state index is 0.0109.